The lowest BCUT2D eigenvalue weighted by molar-refractivity contribution is 0.415. The lowest BCUT2D eigenvalue weighted by Gasteiger charge is -2.05. The summed E-state index contributed by atoms with van der Waals surface area (Å²) in [6.45, 7) is 4.04. The van der Waals surface area contributed by atoms with Crippen molar-refractivity contribution in [1.82, 2.24) is 5.32 Å². The van der Waals surface area contributed by atoms with Gasteiger partial charge in [0.05, 0.1) is 18.7 Å². The molecular formula is C19H27Cl2NO2. The second-order valence-electron chi connectivity index (χ2n) is 5.71. The number of unbranched alkanes of at least 4 members (excludes halogenated alkanes) is 4. The molecule has 0 aliphatic carbocycles. The first-order chi connectivity index (χ1) is 11.2. The molecule has 0 radical (unpaired) electrons. The third-order valence-electron chi connectivity index (χ3n) is 3.85. The van der Waals surface area contributed by atoms with Crippen LogP contribution in [0.2, 0.25) is 5.02 Å². The molecule has 5 heteroatoms. The number of nitrogens with one attached hydrogen (secondary N) is 1. The number of rotatable bonds is 10. The molecule has 1 aromatic heterocycles. The fraction of sp³-hybridized carbons (Fsp3) is 0.474. The summed E-state index contributed by atoms with van der Waals surface area (Å²) in [5.41, 5.74) is 0.960. The van der Waals surface area contributed by atoms with Gasteiger partial charge in [0.25, 0.3) is 0 Å². The molecule has 0 unspecified atom stereocenters. The molecule has 0 fully saturated rings. The average Bonchev–Trinajstić information content (AvgIpc) is 3.03. The second kappa shape index (κ2) is 11.4. The molecule has 2 aromatic rings. The fourth-order valence-corrected chi connectivity index (χ4v) is 2.77. The van der Waals surface area contributed by atoms with Gasteiger partial charge in [-0.2, -0.15) is 0 Å². The highest BCUT2D eigenvalue weighted by Gasteiger charge is 2.08. The van der Waals surface area contributed by atoms with Gasteiger partial charge in [-0.1, -0.05) is 44.2 Å². The number of hydrogen-bond acceptors (Lipinski definition) is 3. The van der Waals surface area contributed by atoms with Crippen molar-refractivity contribution in [3.63, 3.8) is 0 Å². The summed E-state index contributed by atoms with van der Waals surface area (Å²) in [6, 6.07) is 9.67. The molecule has 0 atom stereocenters. The van der Waals surface area contributed by atoms with Crippen molar-refractivity contribution in [3.8, 4) is 17.1 Å². The van der Waals surface area contributed by atoms with Crippen molar-refractivity contribution in [2.45, 2.75) is 45.6 Å². The first-order valence-corrected chi connectivity index (χ1v) is 8.75. The Kier molecular flexibility index (Phi) is 9.92. The Labute approximate surface area is 156 Å². The number of benzene rings is 1. The maximum absolute atomic E-state index is 6.16. The van der Waals surface area contributed by atoms with Crippen LogP contribution in [0.5, 0.6) is 5.75 Å². The number of hydrogen-bond donors (Lipinski definition) is 1. The van der Waals surface area contributed by atoms with Gasteiger partial charge in [0.15, 0.2) is 0 Å². The van der Waals surface area contributed by atoms with Gasteiger partial charge in [-0.05, 0) is 43.3 Å². The van der Waals surface area contributed by atoms with Crippen LogP contribution < -0.4 is 10.1 Å². The van der Waals surface area contributed by atoms with Gasteiger partial charge < -0.3 is 14.5 Å². The molecular weight excluding hydrogens is 345 g/mol. The molecule has 1 heterocycles. The normalized spacial score (nSPS) is 10.5. The highest BCUT2D eigenvalue weighted by atomic mass is 35.5. The van der Waals surface area contributed by atoms with Crippen molar-refractivity contribution < 1.29 is 9.15 Å². The van der Waals surface area contributed by atoms with Crippen molar-refractivity contribution in [3.05, 3.63) is 41.1 Å². The van der Waals surface area contributed by atoms with E-state index >= 15 is 0 Å². The van der Waals surface area contributed by atoms with Gasteiger partial charge in [0.2, 0.25) is 0 Å². The molecule has 24 heavy (non-hydrogen) atoms. The Morgan fingerprint density at radius 2 is 1.88 bits per heavy atom. The molecule has 2 rings (SSSR count). The number of halogens is 2. The molecule has 134 valence electrons. The van der Waals surface area contributed by atoms with Gasteiger partial charge in [0, 0.05) is 5.56 Å². The largest absolute Gasteiger partial charge is 0.495 e. The minimum absolute atomic E-state index is 0. The zero-order valence-corrected chi connectivity index (χ0v) is 16.0. The molecule has 0 saturated carbocycles. The Morgan fingerprint density at radius 1 is 1.08 bits per heavy atom. The molecule has 1 aromatic carbocycles. The summed E-state index contributed by atoms with van der Waals surface area (Å²) in [5.74, 6) is 2.45. The molecule has 0 saturated heterocycles. The van der Waals surface area contributed by atoms with Gasteiger partial charge in [-0.3, -0.25) is 0 Å². The van der Waals surface area contributed by atoms with Crippen LogP contribution >= 0.6 is 24.0 Å². The third kappa shape index (κ3) is 6.39. The van der Waals surface area contributed by atoms with Crippen LogP contribution in [0.4, 0.5) is 0 Å². The lowest BCUT2D eigenvalue weighted by Crippen LogP contribution is -2.14. The SMILES string of the molecule is CCCCCCCNCc1ccc(-c2ccc(OC)c(Cl)c2)o1.Cl. The maximum atomic E-state index is 6.16. The smallest absolute Gasteiger partial charge is 0.137 e. The van der Waals surface area contributed by atoms with Gasteiger partial charge in [-0.25, -0.2) is 0 Å². The Bertz CT molecular complexity index is 599. The van der Waals surface area contributed by atoms with Crippen LogP contribution in [0.3, 0.4) is 0 Å². The topological polar surface area (TPSA) is 34.4 Å². The van der Waals surface area contributed by atoms with Crippen LogP contribution in [0.15, 0.2) is 34.7 Å². The second-order valence-corrected chi connectivity index (χ2v) is 6.11. The summed E-state index contributed by atoms with van der Waals surface area (Å²) >= 11 is 6.16. The third-order valence-corrected chi connectivity index (χ3v) is 4.15. The fourth-order valence-electron chi connectivity index (χ4n) is 2.51. The van der Waals surface area contributed by atoms with Crippen LogP contribution in [0.1, 0.15) is 44.8 Å². The minimum atomic E-state index is 0. The van der Waals surface area contributed by atoms with Crippen LogP contribution in [0.25, 0.3) is 11.3 Å². The van der Waals surface area contributed by atoms with E-state index in [1.54, 1.807) is 7.11 Å². The van der Waals surface area contributed by atoms with Crippen LogP contribution in [0, 0.1) is 0 Å². The maximum Gasteiger partial charge on any atom is 0.137 e. The van der Waals surface area contributed by atoms with E-state index in [0.29, 0.717) is 10.8 Å². The quantitative estimate of drug-likeness (QED) is 0.513. The highest BCUT2D eigenvalue weighted by Crippen LogP contribution is 2.31. The Hall–Kier alpha value is -1.16. The van der Waals surface area contributed by atoms with Crippen LogP contribution in [-0.2, 0) is 6.54 Å². The first-order valence-electron chi connectivity index (χ1n) is 8.38. The van der Waals surface area contributed by atoms with Crippen molar-refractivity contribution >= 4 is 24.0 Å². The summed E-state index contributed by atoms with van der Waals surface area (Å²) in [6.07, 6.45) is 6.49. The van der Waals surface area contributed by atoms with Crippen LogP contribution in [-0.4, -0.2) is 13.7 Å². The standard InChI is InChI=1S/C19H26ClNO2.ClH/c1-3-4-5-6-7-12-21-14-16-9-11-18(23-16)15-8-10-19(22-2)17(20)13-15;/h8-11,13,21H,3-7,12,14H2,1-2H3;1H. The summed E-state index contributed by atoms with van der Waals surface area (Å²) in [5, 5.41) is 4.02. The molecule has 0 bridgehead atoms. The Balaban J connectivity index is 0.00000288. The summed E-state index contributed by atoms with van der Waals surface area (Å²) in [7, 11) is 1.61. The monoisotopic (exact) mass is 371 g/mol. The summed E-state index contributed by atoms with van der Waals surface area (Å²) < 4.78 is 11.1. The molecule has 0 aliphatic rings. The average molecular weight is 372 g/mol. The van der Waals surface area contributed by atoms with E-state index in [-0.39, 0.29) is 12.4 Å². The van der Waals surface area contributed by atoms with E-state index in [2.05, 4.69) is 12.2 Å². The molecule has 1 N–H and O–H groups in total. The zero-order valence-electron chi connectivity index (χ0n) is 14.4. The van der Waals surface area contributed by atoms with Gasteiger partial charge in [-0.15, -0.1) is 12.4 Å². The molecule has 3 nitrogen and oxygen atoms in total. The predicted octanol–water partition coefficient (Wildman–Crippen LogP) is 6.09. The Morgan fingerprint density at radius 3 is 2.58 bits per heavy atom. The van der Waals surface area contributed by atoms with E-state index in [1.807, 2.05) is 30.3 Å². The highest BCUT2D eigenvalue weighted by molar-refractivity contribution is 6.32. The minimum Gasteiger partial charge on any atom is -0.495 e. The number of methoxy groups -OCH3 is 1. The van der Waals surface area contributed by atoms with Crippen molar-refractivity contribution in [1.29, 1.82) is 0 Å². The summed E-state index contributed by atoms with van der Waals surface area (Å²) in [4.78, 5) is 0. The lowest BCUT2D eigenvalue weighted by atomic mass is 10.1. The first kappa shape index (κ1) is 20.9. The van der Waals surface area contributed by atoms with Crippen molar-refractivity contribution in [2.75, 3.05) is 13.7 Å². The van der Waals surface area contributed by atoms with E-state index < -0.39 is 0 Å². The predicted molar refractivity (Wildman–Crippen MR) is 103 cm³/mol. The van der Waals surface area contributed by atoms with Gasteiger partial charge in [0.1, 0.15) is 17.3 Å². The van der Waals surface area contributed by atoms with E-state index in [0.717, 1.165) is 30.2 Å². The van der Waals surface area contributed by atoms with E-state index in [1.165, 1.54) is 32.1 Å². The van der Waals surface area contributed by atoms with Crippen molar-refractivity contribution in [2.24, 2.45) is 0 Å². The molecule has 0 spiro atoms. The molecule has 0 aliphatic heterocycles. The number of furan rings is 1. The van der Waals surface area contributed by atoms with Gasteiger partial charge >= 0.3 is 0 Å². The van der Waals surface area contributed by atoms with E-state index in [9.17, 15) is 0 Å². The van der Waals surface area contributed by atoms with E-state index in [4.69, 9.17) is 20.8 Å². The number of ether oxygens (including phenoxy) is 1. The molecule has 0 amide bonds. The zero-order chi connectivity index (χ0) is 16.5.